The van der Waals surface area contributed by atoms with Gasteiger partial charge in [0.2, 0.25) is 0 Å². The van der Waals surface area contributed by atoms with Crippen molar-refractivity contribution in [3.63, 3.8) is 0 Å². The number of hydrogen-bond donors (Lipinski definition) is 1. The van der Waals surface area contributed by atoms with Gasteiger partial charge in [-0.15, -0.1) is 0 Å². The number of benzene rings is 1. The molecule has 4 bridgehead atoms. The minimum atomic E-state index is -1.10. The highest BCUT2D eigenvalue weighted by Crippen LogP contribution is 2.60. The van der Waals surface area contributed by atoms with Crippen molar-refractivity contribution in [2.45, 2.75) is 38.5 Å². The molecule has 4 nitrogen and oxygen atoms in total. The maximum atomic E-state index is 13.7. The molecular formula is C19H23FO4. The van der Waals surface area contributed by atoms with E-state index in [-0.39, 0.29) is 18.1 Å². The van der Waals surface area contributed by atoms with E-state index < -0.39 is 11.8 Å². The summed E-state index contributed by atoms with van der Waals surface area (Å²) in [5.41, 5.74) is 0.298. The molecule has 0 saturated heterocycles. The molecule has 130 valence electrons. The van der Waals surface area contributed by atoms with Crippen molar-refractivity contribution in [1.82, 2.24) is 0 Å². The molecule has 0 amide bonds. The molecule has 1 aromatic rings. The van der Waals surface area contributed by atoms with Gasteiger partial charge in [0.05, 0.1) is 12.2 Å². The Morgan fingerprint density at radius 3 is 2.38 bits per heavy atom. The Morgan fingerprint density at radius 2 is 1.79 bits per heavy atom. The van der Waals surface area contributed by atoms with Crippen LogP contribution in [0, 0.1) is 29.0 Å². The Hall–Kier alpha value is -1.62. The third-order valence-electron chi connectivity index (χ3n) is 6.05. The fourth-order valence-electron chi connectivity index (χ4n) is 5.58. The molecular weight excluding hydrogens is 311 g/mol. The van der Waals surface area contributed by atoms with Crippen molar-refractivity contribution >= 4 is 5.97 Å². The first-order chi connectivity index (χ1) is 11.5. The molecule has 1 N–H and O–H groups in total. The number of rotatable bonds is 6. The lowest BCUT2D eigenvalue weighted by Crippen LogP contribution is -2.48. The summed E-state index contributed by atoms with van der Waals surface area (Å²) in [5, 5.41) is 8.96. The molecule has 0 radical (unpaired) electrons. The van der Waals surface area contributed by atoms with Gasteiger partial charge in [0.25, 0.3) is 0 Å². The Labute approximate surface area is 141 Å². The zero-order valence-corrected chi connectivity index (χ0v) is 13.7. The Balaban J connectivity index is 1.32. The predicted molar refractivity (Wildman–Crippen MR) is 85.4 cm³/mol. The van der Waals surface area contributed by atoms with E-state index in [0.717, 1.165) is 23.8 Å². The normalized spacial score (nSPS) is 33.6. The van der Waals surface area contributed by atoms with Crippen LogP contribution in [0.5, 0.6) is 5.75 Å². The average Bonchev–Trinajstić information content (AvgIpc) is 2.51. The van der Waals surface area contributed by atoms with E-state index in [9.17, 15) is 9.18 Å². The summed E-state index contributed by atoms with van der Waals surface area (Å²) in [4.78, 5) is 10.9. The van der Waals surface area contributed by atoms with Gasteiger partial charge in [-0.1, -0.05) is 0 Å². The van der Waals surface area contributed by atoms with Crippen LogP contribution >= 0.6 is 0 Å². The quantitative estimate of drug-likeness (QED) is 0.629. The smallest absolute Gasteiger partial charge is 0.335 e. The highest BCUT2D eigenvalue weighted by molar-refractivity contribution is 5.88. The van der Waals surface area contributed by atoms with Gasteiger partial charge in [0, 0.05) is 0 Å². The summed E-state index contributed by atoms with van der Waals surface area (Å²) in [6.07, 6.45) is 7.93. The van der Waals surface area contributed by atoms with Crippen molar-refractivity contribution in [3.8, 4) is 5.75 Å². The minimum absolute atomic E-state index is 0.00693. The third-order valence-corrected chi connectivity index (χ3v) is 6.05. The van der Waals surface area contributed by atoms with Gasteiger partial charge in [0.15, 0.2) is 18.4 Å². The molecule has 0 atom stereocenters. The zero-order valence-electron chi connectivity index (χ0n) is 13.7. The average molecular weight is 334 g/mol. The van der Waals surface area contributed by atoms with E-state index in [1.165, 1.54) is 50.7 Å². The number of ether oxygens (including phenoxy) is 2. The van der Waals surface area contributed by atoms with Crippen LogP contribution in [0.4, 0.5) is 4.39 Å². The number of halogens is 1. The van der Waals surface area contributed by atoms with E-state index >= 15 is 0 Å². The summed E-state index contributed by atoms with van der Waals surface area (Å²) in [5.74, 6) is 0.856. The molecule has 24 heavy (non-hydrogen) atoms. The number of hydrogen-bond acceptors (Lipinski definition) is 3. The molecule has 4 aliphatic carbocycles. The lowest BCUT2D eigenvalue weighted by molar-refractivity contribution is -0.116. The summed E-state index contributed by atoms with van der Waals surface area (Å²) in [7, 11) is 0. The summed E-state index contributed by atoms with van der Waals surface area (Å²) in [6, 6.07) is 3.53. The van der Waals surface area contributed by atoms with Crippen LogP contribution in [0.15, 0.2) is 18.2 Å². The minimum Gasteiger partial charge on any atom is -0.478 e. The molecule has 1 aromatic carbocycles. The summed E-state index contributed by atoms with van der Waals surface area (Å²) >= 11 is 0. The van der Waals surface area contributed by atoms with Gasteiger partial charge in [-0.05, 0) is 79.9 Å². The van der Waals surface area contributed by atoms with Gasteiger partial charge >= 0.3 is 5.97 Å². The first-order valence-electron chi connectivity index (χ1n) is 8.76. The van der Waals surface area contributed by atoms with Crippen LogP contribution in [0.2, 0.25) is 0 Å². The van der Waals surface area contributed by atoms with Crippen molar-refractivity contribution in [2.75, 3.05) is 13.4 Å². The first kappa shape index (κ1) is 15.9. The molecule has 0 aliphatic heterocycles. The molecule has 4 saturated carbocycles. The van der Waals surface area contributed by atoms with Crippen molar-refractivity contribution < 1.29 is 23.8 Å². The van der Waals surface area contributed by atoms with Crippen LogP contribution in [0.3, 0.4) is 0 Å². The summed E-state index contributed by atoms with van der Waals surface area (Å²) < 4.78 is 24.8. The highest BCUT2D eigenvalue weighted by atomic mass is 19.1. The third kappa shape index (κ3) is 3.02. The second kappa shape index (κ2) is 6.03. The number of carboxylic acids is 1. The van der Waals surface area contributed by atoms with Crippen LogP contribution in [-0.4, -0.2) is 24.5 Å². The molecule has 0 spiro atoms. The monoisotopic (exact) mass is 334 g/mol. The van der Waals surface area contributed by atoms with Crippen LogP contribution in [0.25, 0.3) is 0 Å². The maximum absolute atomic E-state index is 13.7. The molecule has 5 heteroatoms. The standard InChI is InChI=1S/C19H23FO4/c20-16-2-1-15(18(21)22)6-17(16)24-11-23-10-19-7-12-3-13(8-19)5-14(4-12)9-19/h1-2,6,12-14H,3-5,7-11H2,(H,21,22). The molecule has 0 unspecified atom stereocenters. The SMILES string of the molecule is O=C(O)c1ccc(F)c(OCOCC23CC4CC(CC(C4)C2)C3)c1. The molecule has 5 rings (SSSR count). The Morgan fingerprint density at radius 1 is 1.17 bits per heavy atom. The van der Waals surface area contributed by atoms with Gasteiger partial charge in [-0.3, -0.25) is 0 Å². The number of aromatic carboxylic acids is 1. The van der Waals surface area contributed by atoms with Gasteiger partial charge in [-0.2, -0.15) is 0 Å². The summed E-state index contributed by atoms with van der Waals surface area (Å²) in [6.45, 7) is 0.623. The van der Waals surface area contributed by atoms with Crippen molar-refractivity contribution in [3.05, 3.63) is 29.6 Å². The van der Waals surface area contributed by atoms with Crippen LogP contribution in [-0.2, 0) is 4.74 Å². The molecule has 0 heterocycles. The van der Waals surface area contributed by atoms with Gasteiger partial charge < -0.3 is 14.6 Å². The second-order valence-electron chi connectivity index (χ2n) is 7.98. The Kier molecular flexibility index (Phi) is 3.99. The Bertz CT molecular complexity index is 607. The maximum Gasteiger partial charge on any atom is 0.335 e. The lowest BCUT2D eigenvalue weighted by atomic mass is 9.50. The van der Waals surface area contributed by atoms with Gasteiger partial charge in [-0.25, -0.2) is 9.18 Å². The largest absolute Gasteiger partial charge is 0.478 e. The second-order valence-corrected chi connectivity index (χ2v) is 7.98. The van der Waals surface area contributed by atoms with E-state index in [4.69, 9.17) is 14.6 Å². The first-order valence-corrected chi connectivity index (χ1v) is 8.76. The fourth-order valence-corrected chi connectivity index (χ4v) is 5.58. The highest BCUT2D eigenvalue weighted by Gasteiger charge is 2.50. The molecule has 4 fully saturated rings. The lowest BCUT2D eigenvalue weighted by Gasteiger charge is -2.56. The van der Waals surface area contributed by atoms with E-state index in [1.807, 2.05) is 0 Å². The fraction of sp³-hybridized carbons (Fsp3) is 0.632. The van der Waals surface area contributed by atoms with Crippen molar-refractivity contribution in [2.24, 2.45) is 23.2 Å². The number of carboxylic acid groups (broad SMARTS) is 1. The van der Waals surface area contributed by atoms with Gasteiger partial charge in [0.1, 0.15) is 0 Å². The topological polar surface area (TPSA) is 55.8 Å². The van der Waals surface area contributed by atoms with Crippen LogP contribution in [0.1, 0.15) is 48.9 Å². The molecule has 0 aromatic heterocycles. The molecule has 4 aliphatic rings. The number of carbonyl (C=O) groups is 1. The van der Waals surface area contributed by atoms with E-state index in [1.54, 1.807) is 0 Å². The van der Waals surface area contributed by atoms with Crippen LogP contribution < -0.4 is 4.74 Å². The van der Waals surface area contributed by atoms with Crippen molar-refractivity contribution in [1.29, 1.82) is 0 Å². The zero-order chi connectivity index (χ0) is 16.7. The van der Waals surface area contributed by atoms with E-state index in [2.05, 4.69) is 0 Å². The van der Waals surface area contributed by atoms with E-state index in [0.29, 0.717) is 12.0 Å². The predicted octanol–water partition coefficient (Wildman–Crippen LogP) is 4.09.